The lowest BCUT2D eigenvalue weighted by atomic mass is 10.1. The van der Waals surface area contributed by atoms with Crippen LogP contribution in [0.5, 0.6) is 0 Å². The number of hydrogen-bond donors (Lipinski definition) is 3. The van der Waals surface area contributed by atoms with Crippen molar-refractivity contribution in [1.29, 1.82) is 5.41 Å². The summed E-state index contributed by atoms with van der Waals surface area (Å²) in [5.74, 6) is 6.46. The van der Waals surface area contributed by atoms with Crippen LogP contribution < -0.4 is 16.0 Å². The maximum Gasteiger partial charge on any atom is 0.224 e. The third kappa shape index (κ3) is 5.77. The molecule has 4 N–H and O–H groups in total. The van der Waals surface area contributed by atoms with E-state index in [1.165, 1.54) is 12.8 Å². The number of nitrogens with one attached hydrogen (secondary N) is 2. The summed E-state index contributed by atoms with van der Waals surface area (Å²) in [5.41, 5.74) is 10.1. The van der Waals surface area contributed by atoms with Crippen molar-refractivity contribution in [3.8, 4) is 11.8 Å². The topological polar surface area (TPSA) is 82.2 Å². The van der Waals surface area contributed by atoms with Gasteiger partial charge in [0.2, 0.25) is 5.91 Å². The number of benzene rings is 2. The highest BCUT2D eigenvalue weighted by molar-refractivity contribution is 5.95. The number of carbonyl (C=O) groups excluding carboxylic acids is 1. The molecule has 0 bridgehead atoms. The smallest absolute Gasteiger partial charge is 0.224 e. The van der Waals surface area contributed by atoms with Gasteiger partial charge in [-0.05, 0) is 55.7 Å². The van der Waals surface area contributed by atoms with Crippen molar-refractivity contribution >= 4 is 35.5 Å². The van der Waals surface area contributed by atoms with E-state index in [1.54, 1.807) is 13.0 Å². The van der Waals surface area contributed by atoms with Gasteiger partial charge in [0.15, 0.2) is 0 Å². The molecule has 158 valence electrons. The van der Waals surface area contributed by atoms with E-state index in [2.05, 4.69) is 17.2 Å². The molecular formula is C24H29ClN4O. The fraction of sp³-hybridized carbons (Fsp3) is 0.333. The van der Waals surface area contributed by atoms with Gasteiger partial charge in [0.25, 0.3) is 0 Å². The zero-order valence-corrected chi connectivity index (χ0v) is 18.3. The van der Waals surface area contributed by atoms with Crippen LogP contribution in [0.1, 0.15) is 49.3 Å². The zero-order chi connectivity index (χ0) is 20.8. The monoisotopic (exact) mass is 424 g/mol. The maximum absolute atomic E-state index is 12.2. The molecule has 0 unspecified atom stereocenters. The number of nitrogens with zero attached hydrogens (tertiary/aromatic N) is 1. The Morgan fingerprint density at radius 1 is 1.23 bits per heavy atom. The summed E-state index contributed by atoms with van der Waals surface area (Å²) >= 11 is 0. The van der Waals surface area contributed by atoms with E-state index < -0.39 is 0 Å². The molecule has 0 heterocycles. The summed E-state index contributed by atoms with van der Waals surface area (Å²) < 4.78 is 0. The lowest BCUT2D eigenvalue weighted by Crippen LogP contribution is -2.37. The quantitative estimate of drug-likeness (QED) is 0.376. The van der Waals surface area contributed by atoms with Crippen LogP contribution in [0, 0.1) is 24.2 Å². The first-order chi connectivity index (χ1) is 14.0. The van der Waals surface area contributed by atoms with Crippen molar-refractivity contribution in [3.05, 3.63) is 59.2 Å². The molecule has 0 spiro atoms. The summed E-state index contributed by atoms with van der Waals surface area (Å²) in [4.78, 5) is 14.2. The second kappa shape index (κ2) is 10.7. The molecule has 5 nitrogen and oxygen atoms in total. The lowest BCUT2D eigenvalue weighted by Gasteiger charge is -2.29. The van der Waals surface area contributed by atoms with Gasteiger partial charge in [-0.2, -0.15) is 0 Å². The van der Waals surface area contributed by atoms with E-state index >= 15 is 0 Å². The van der Waals surface area contributed by atoms with Crippen LogP contribution in [-0.2, 0) is 4.79 Å². The number of amidine groups is 1. The first-order valence-corrected chi connectivity index (χ1v) is 10.0. The van der Waals surface area contributed by atoms with Gasteiger partial charge in [-0.15, -0.1) is 12.4 Å². The van der Waals surface area contributed by atoms with E-state index in [4.69, 9.17) is 11.1 Å². The Kier molecular flexibility index (Phi) is 8.32. The van der Waals surface area contributed by atoms with E-state index in [1.807, 2.05) is 48.2 Å². The number of nitrogen functional groups attached to an aromatic ring is 1. The molecule has 0 aromatic heterocycles. The van der Waals surface area contributed by atoms with Crippen LogP contribution in [0.25, 0.3) is 0 Å². The fourth-order valence-electron chi connectivity index (χ4n) is 3.88. The Morgan fingerprint density at radius 3 is 2.60 bits per heavy atom. The third-order valence-corrected chi connectivity index (χ3v) is 5.27. The third-order valence-electron chi connectivity index (χ3n) is 5.27. The lowest BCUT2D eigenvalue weighted by molar-refractivity contribution is -0.117. The Labute approximate surface area is 185 Å². The standard InChI is InChI=1S/C24H28N4O.ClH/c1-17-15-19(7-6-14-27-21-9-5-8-20(16-21)24(25)26)12-13-23(17)28(18(2)29)22-10-3-4-11-22;/h5,8-9,12-13,15-16,22,27H,3-4,10-11,14H2,1-2H3,(H3,25,26);1H. The normalized spacial score (nSPS) is 13.0. The van der Waals surface area contributed by atoms with Crippen molar-refractivity contribution in [1.82, 2.24) is 0 Å². The molecule has 0 radical (unpaired) electrons. The molecule has 0 atom stereocenters. The van der Waals surface area contributed by atoms with Crippen LogP contribution in [0.4, 0.5) is 11.4 Å². The number of anilines is 2. The average Bonchev–Trinajstić information content (AvgIpc) is 3.21. The second-order valence-corrected chi connectivity index (χ2v) is 7.48. The Morgan fingerprint density at radius 2 is 1.97 bits per heavy atom. The van der Waals surface area contributed by atoms with E-state index in [-0.39, 0.29) is 24.1 Å². The summed E-state index contributed by atoms with van der Waals surface area (Å²) in [6.45, 7) is 4.18. The zero-order valence-electron chi connectivity index (χ0n) is 17.5. The SMILES string of the molecule is CC(=O)N(c1ccc(C#CCNc2cccc(C(=N)N)c2)cc1C)C1CCCC1.Cl. The molecule has 0 aliphatic heterocycles. The minimum absolute atomic E-state index is 0. The molecule has 1 aliphatic carbocycles. The van der Waals surface area contributed by atoms with E-state index in [9.17, 15) is 4.79 Å². The molecule has 1 saturated carbocycles. The van der Waals surface area contributed by atoms with Crippen LogP contribution in [0.3, 0.4) is 0 Å². The largest absolute Gasteiger partial charge is 0.384 e. The fourth-order valence-corrected chi connectivity index (χ4v) is 3.88. The number of nitrogens with two attached hydrogens (primary N) is 1. The number of hydrogen-bond acceptors (Lipinski definition) is 3. The molecule has 2 aromatic carbocycles. The second-order valence-electron chi connectivity index (χ2n) is 7.48. The molecular weight excluding hydrogens is 396 g/mol. The highest BCUT2D eigenvalue weighted by Crippen LogP contribution is 2.30. The minimum atomic E-state index is 0. The summed E-state index contributed by atoms with van der Waals surface area (Å²) in [6, 6.07) is 13.8. The van der Waals surface area contributed by atoms with Gasteiger partial charge < -0.3 is 16.0 Å². The molecule has 3 rings (SSSR count). The predicted octanol–water partition coefficient (Wildman–Crippen LogP) is 4.46. The molecule has 1 amide bonds. The van der Waals surface area contributed by atoms with Crippen molar-refractivity contribution in [2.75, 3.05) is 16.8 Å². The first kappa shape index (κ1) is 23.3. The molecule has 6 heteroatoms. The number of amides is 1. The minimum Gasteiger partial charge on any atom is -0.384 e. The Balaban J connectivity index is 0.00000320. The predicted molar refractivity (Wildman–Crippen MR) is 127 cm³/mol. The van der Waals surface area contributed by atoms with Gasteiger partial charge in [-0.25, -0.2) is 0 Å². The van der Waals surface area contributed by atoms with Gasteiger partial charge >= 0.3 is 0 Å². The van der Waals surface area contributed by atoms with Gasteiger partial charge in [0.1, 0.15) is 5.84 Å². The average molecular weight is 425 g/mol. The first-order valence-electron chi connectivity index (χ1n) is 10.0. The number of halogens is 1. The summed E-state index contributed by atoms with van der Waals surface area (Å²) in [7, 11) is 0. The summed E-state index contributed by atoms with van der Waals surface area (Å²) in [5, 5.41) is 10.7. The van der Waals surface area contributed by atoms with Crippen LogP contribution in [-0.4, -0.2) is 24.3 Å². The Bertz CT molecular complexity index is 971. The summed E-state index contributed by atoms with van der Waals surface area (Å²) in [6.07, 6.45) is 4.55. The van der Waals surface area contributed by atoms with Crippen molar-refractivity contribution in [3.63, 3.8) is 0 Å². The molecule has 0 saturated heterocycles. The van der Waals surface area contributed by atoms with Crippen molar-refractivity contribution in [2.24, 2.45) is 5.73 Å². The van der Waals surface area contributed by atoms with E-state index in [0.717, 1.165) is 35.3 Å². The van der Waals surface area contributed by atoms with Gasteiger partial charge in [0.05, 0.1) is 6.54 Å². The molecule has 1 aliphatic rings. The van der Waals surface area contributed by atoms with Crippen LogP contribution in [0.2, 0.25) is 0 Å². The van der Waals surface area contributed by atoms with Gasteiger partial charge in [0, 0.05) is 35.5 Å². The number of rotatable bonds is 5. The molecule has 1 fully saturated rings. The van der Waals surface area contributed by atoms with Crippen LogP contribution >= 0.6 is 12.4 Å². The maximum atomic E-state index is 12.2. The van der Waals surface area contributed by atoms with Crippen molar-refractivity contribution in [2.45, 2.75) is 45.6 Å². The van der Waals surface area contributed by atoms with Gasteiger partial charge in [-0.3, -0.25) is 10.2 Å². The molecule has 2 aromatic rings. The van der Waals surface area contributed by atoms with E-state index in [0.29, 0.717) is 18.2 Å². The van der Waals surface area contributed by atoms with Crippen molar-refractivity contribution < 1.29 is 4.79 Å². The highest BCUT2D eigenvalue weighted by Gasteiger charge is 2.26. The van der Waals surface area contributed by atoms with Gasteiger partial charge in [-0.1, -0.05) is 36.8 Å². The Hall–Kier alpha value is -2.97. The number of aryl methyl sites for hydroxylation is 1. The van der Waals surface area contributed by atoms with Crippen LogP contribution in [0.15, 0.2) is 42.5 Å². The highest BCUT2D eigenvalue weighted by atomic mass is 35.5. The number of carbonyl (C=O) groups is 1. The molecule has 30 heavy (non-hydrogen) atoms.